The van der Waals surface area contributed by atoms with Crippen LogP contribution >= 0.6 is 15.9 Å². The first kappa shape index (κ1) is 18.5. The van der Waals surface area contributed by atoms with E-state index in [2.05, 4.69) is 20.9 Å². The predicted octanol–water partition coefficient (Wildman–Crippen LogP) is 3.25. The maximum Gasteiger partial charge on any atom is 0.349 e. The number of hydrogen-bond acceptors (Lipinski definition) is 6. The van der Waals surface area contributed by atoms with Crippen LogP contribution < -0.4 is 15.1 Å². The van der Waals surface area contributed by atoms with Gasteiger partial charge in [0.1, 0.15) is 11.7 Å². The van der Waals surface area contributed by atoms with Gasteiger partial charge in [-0.25, -0.2) is 9.78 Å². The number of hydrogen-bond donors (Lipinski definition) is 0. The molecule has 1 atom stereocenters. The topological polar surface area (TPSA) is 81.9 Å². The van der Waals surface area contributed by atoms with Gasteiger partial charge in [-0.05, 0) is 40.2 Å². The molecule has 0 aliphatic carbocycles. The van der Waals surface area contributed by atoms with Gasteiger partial charge in [0.2, 0.25) is 5.88 Å². The lowest BCUT2D eigenvalue weighted by Gasteiger charge is -2.17. The third-order valence-corrected chi connectivity index (χ3v) is 5.21. The lowest BCUT2D eigenvalue weighted by Crippen LogP contribution is -2.33. The Morgan fingerprint density at radius 2 is 2.18 bits per heavy atom. The lowest BCUT2D eigenvalue weighted by atomic mass is 10.1. The second kappa shape index (κ2) is 7.63. The van der Waals surface area contributed by atoms with E-state index in [1.807, 2.05) is 6.07 Å². The molecule has 1 aliphatic rings. The van der Waals surface area contributed by atoms with Crippen LogP contribution in [0.25, 0.3) is 11.0 Å². The number of methoxy groups -OCH3 is 1. The van der Waals surface area contributed by atoms with Crippen LogP contribution in [0.1, 0.15) is 16.8 Å². The van der Waals surface area contributed by atoms with E-state index in [1.165, 1.54) is 7.11 Å². The van der Waals surface area contributed by atoms with E-state index in [4.69, 9.17) is 13.9 Å². The first-order valence-electron chi connectivity index (χ1n) is 8.74. The van der Waals surface area contributed by atoms with Crippen molar-refractivity contribution in [1.29, 1.82) is 0 Å². The molecule has 0 N–H and O–H groups in total. The number of fused-ring (bicyclic) bond motifs is 1. The summed E-state index contributed by atoms with van der Waals surface area (Å²) in [5.41, 5.74) is -0.353. The Hall–Kier alpha value is -2.87. The number of rotatable bonds is 4. The Bertz CT molecular complexity index is 1100. The number of para-hydroxylation sites is 1. The normalized spacial score (nSPS) is 16.4. The molecule has 1 aromatic carbocycles. The number of halogens is 1. The van der Waals surface area contributed by atoms with Crippen LogP contribution in [0.5, 0.6) is 11.6 Å². The van der Waals surface area contributed by atoms with Crippen molar-refractivity contribution in [2.24, 2.45) is 0 Å². The van der Waals surface area contributed by atoms with Gasteiger partial charge in [-0.15, -0.1) is 0 Å². The molecule has 2 aromatic heterocycles. The molecular formula is C20H17BrN2O5. The zero-order valence-electron chi connectivity index (χ0n) is 15.1. The number of likely N-dealkylation sites (tertiary alicyclic amines) is 1. The Balaban J connectivity index is 1.54. The van der Waals surface area contributed by atoms with Crippen molar-refractivity contribution in [2.75, 3.05) is 20.2 Å². The molecule has 8 heteroatoms. The highest BCUT2D eigenvalue weighted by atomic mass is 79.9. The number of benzene rings is 1. The number of ether oxygens (including phenoxy) is 2. The molecule has 1 fully saturated rings. The lowest BCUT2D eigenvalue weighted by molar-refractivity contribution is 0.0767. The molecular weight excluding hydrogens is 428 g/mol. The van der Waals surface area contributed by atoms with Crippen molar-refractivity contribution < 1.29 is 18.7 Å². The zero-order chi connectivity index (χ0) is 19.7. The van der Waals surface area contributed by atoms with Gasteiger partial charge in [-0.3, -0.25) is 4.79 Å². The van der Waals surface area contributed by atoms with Crippen molar-refractivity contribution in [3.05, 3.63) is 63.1 Å². The summed E-state index contributed by atoms with van der Waals surface area (Å²) in [6, 6.07) is 10.4. The number of nitrogens with zero attached hydrogens (tertiary/aromatic N) is 2. The van der Waals surface area contributed by atoms with Gasteiger partial charge in [0, 0.05) is 24.5 Å². The van der Waals surface area contributed by atoms with E-state index in [-0.39, 0.29) is 17.6 Å². The number of amides is 1. The number of carbonyl (C=O) groups excluding carboxylic acids is 1. The van der Waals surface area contributed by atoms with Gasteiger partial charge in [0.25, 0.3) is 5.91 Å². The molecule has 1 unspecified atom stereocenters. The SMILES string of the molecule is COc1cccc2cc(C(=O)N3CCC(Oc4ncccc4Br)C3)c(=O)oc12. The highest BCUT2D eigenvalue weighted by Gasteiger charge is 2.30. The Labute approximate surface area is 169 Å². The summed E-state index contributed by atoms with van der Waals surface area (Å²) in [7, 11) is 1.50. The first-order chi connectivity index (χ1) is 13.6. The fourth-order valence-electron chi connectivity index (χ4n) is 3.22. The highest BCUT2D eigenvalue weighted by Crippen LogP contribution is 2.27. The van der Waals surface area contributed by atoms with E-state index in [9.17, 15) is 9.59 Å². The standard InChI is InChI=1S/C20H17BrN2O5/c1-26-16-6-2-4-12-10-14(20(25)28-17(12)16)19(24)23-9-7-13(11-23)27-18-15(21)5-3-8-22-18/h2-6,8,10,13H,7,9,11H2,1H3. The highest BCUT2D eigenvalue weighted by molar-refractivity contribution is 9.10. The molecule has 1 amide bonds. The summed E-state index contributed by atoms with van der Waals surface area (Å²) < 4.78 is 17.2. The predicted molar refractivity (Wildman–Crippen MR) is 106 cm³/mol. The van der Waals surface area contributed by atoms with Crippen LogP contribution in [0.2, 0.25) is 0 Å². The minimum absolute atomic E-state index is 0.000389. The molecule has 0 spiro atoms. The van der Waals surface area contributed by atoms with Crippen LogP contribution in [0, 0.1) is 0 Å². The van der Waals surface area contributed by atoms with E-state index < -0.39 is 5.63 Å². The largest absolute Gasteiger partial charge is 0.493 e. The van der Waals surface area contributed by atoms with Crippen LogP contribution in [0.3, 0.4) is 0 Å². The van der Waals surface area contributed by atoms with Crippen molar-refractivity contribution in [2.45, 2.75) is 12.5 Å². The van der Waals surface area contributed by atoms with E-state index in [0.717, 1.165) is 4.47 Å². The molecule has 0 radical (unpaired) electrons. The molecule has 7 nitrogen and oxygen atoms in total. The van der Waals surface area contributed by atoms with Crippen LogP contribution in [-0.4, -0.2) is 42.1 Å². The average Bonchev–Trinajstić information content (AvgIpc) is 3.17. The molecule has 0 saturated carbocycles. The van der Waals surface area contributed by atoms with Gasteiger partial charge < -0.3 is 18.8 Å². The Morgan fingerprint density at radius 3 is 2.96 bits per heavy atom. The Morgan fingerprint density at radius 1 is 1.32 bits per heavy atom. The third kappa shape index (κ3) is 3.47. The molecule has 4 rings (SSSR count). The van der Waals surface area contributed by atoms with Crippen molar-refractivity contribution in [3.8, 4) is 11.6 Å². The van der Waals surface area contributed by atoms with Gasteiger partial charge in [0.05, 0.1) is 18.1 Å². The number of aromatic nitrogens is 1. The van der Waals surface area contributed by atoms with E-state index in [0.29, 0.717) is 42.1 Å². The minimum Gasteiger partial charge on any atom is -0.493 e. The molecule has 0 bridgehead atoms. The average molecular weight is 445 g/mol. The van der Waals surface area contributed by atoms with Crippen LogP contribution in [0.15, 0.2) is 56.3 Å². The fourth-order valence-corrected chi connectivity index (χ4v) is 3.57. The van der Waals surface area contributed by atoms with Gasteiger partial charge in [-0.1, -0.05) is 12.1 Å². The summed E-state index contributed by atoms with van der Waals surface area (Å²) in [4.78, 5) is 31.1. The molecule has 3 aromatic rings. The van der Waals surface area contributed by atoms with Crippen LogP contribution in [-0.2, 0) is 0 Å². The maximum absolute atomic E-state index is 12.9. The zero-order valence-corrected chi connectivity index (χ0v) is 16.6. The Kier molecular flexibility index (Phi) is 5.04. The van der Waals surface area contributed by atoms with Crippen molar-refractivity contribution in [3.63, 3.8) is 0 Å². The maximum atomic E-state index is 12.9. The number of pyridine rings is 1. The second-order valence-corrected chi connectivity index (χ2v) is 7.25. The van der Waals surface area contributed by atoms with Crippen molar-refractivity contribution in [1.82, 2.24) is 9.88 Å². The van der Waals surface area contributed by atoms with Crippen LogP contribution in [0.4, 0.5) is 0 Å². The monoisotopic (exact) mass is 444 g/mol. The van der Waals surface area contributed by atoms with Gasteiger partial charge in [0.15, 0.2) is 11.3 Å². The van der Waals surface area contributed by atoms with E-state index >= 15 is 0 Å². The molecule has 28 heavy (non-hydrogen) atoms. The van der Waals surface area contributed by atoms with Crippen molar-refractivity contribution >= 4 is 32.8 Å². The molecule has 144 valence electrons. The first-order valence-corrected chi connectivity index (χ1v) is 9.53. The minimum atomic E-state index is -0.682. The molecule has 3 heterocycles. The quantitative estimate of drug-likeness (QED) is 0.574. The van der Waals surface area contributed by atoms with E-state index in [1.54, 1.807) is 41.4 Å². The van der Waals surface area contributed by atoms with Gasteiger partial charge >= 0.3 is 5.63 Å². The summed E-state index contributed by atoms with van der Waals surface area (Å²) in [5.74, 6) is 0.563. The molecule has 1 saturated heterocycles. The van der Waals surface area contributed by atoms with Gasteiger partial charge in [-0.2, -0.15) is 0 Å². The third-order valence-electron chi connectivity index (χ3n) is 4.61. The molecule has 1 aliphatic heterocycles. The smallest absolute Gasteiger partial charge is 0.349 e. The number of carbonyl (C=O) groups is 1. The summed E-state index contributed by atoms with van der Waals surface area (Å²) in [6.45, 7) is 0.862. The fraction of sp³-hybridized carbons (Fsp3) is 0.250. The summed E-state index contributed by atoms with van der Waals surface area (Å²) in [5, 5.41) is 0.631. The second-order valence-electron chi connectivity index (χ2n) is 6.40. The summed E-state index contributed by atoms with van der Waals surface area (Å²) >= 11 is 3.40. The summed E-state index contributed by atoms with van der Waals surface area (Å²) in [6.07, 6.45) is 2.11.